The Labute approximate surface area is 104 Å². The molecule has 0 aliphatic rings. The molecule has 1 amide bonds. The van der Waals surface area contributed by atoms with Gasteiger partial charge in [0.05, 0.1) is 23.1 Å². The molecule has 0 aliphatic heterocycles. The highest BCUT2D eigenvalue weighted by Gasteiger charge is 2.13. The van der Waals surface area contributed by atoms with Crippen LogP contribution in [0.1, 0.15) is 15.9 Å². The van der Waals surface area contributed by atoms with Gasteiger partial charge in [0.15, 0.2) is 0 Å². The number of aryl methyl sites for hydroxylation is 1. The molecule has 0 atom stereocenters. The maximum absolute atomic E-state index is 13.2. The van der Waals surface area contributed by atoms with Crippen LogP contribution in [0.4, 0.5) is 15.8 Å². The van der Waals surface area contributed by atoms with Gasteiger partial charge in [-0.25, -0.2) is 4.39 Å². The van der Waals surface area contributed by atoms with Gasteiger partial charge < -0.3 is 11.1 Å². The predicted molar refractivity (Wildman–Crippen MR) is 67.7 cm³/mol. The van der Waals surface area contributed by atoms with Gasteiger partial charge in [0.1, 0.15) is 5.82 Å². The van der Waals surface area contributed by atoms with Crippen molar-refractivity contribution in [3.05, 3.63) is 53.6 Å². The number of nitrogen functional groups attached to an aromatic ring is 1. The molecule has 0 radical (unpaired) electrons. The van der Waals surface area contributed by atoms with E-state index in [1.54, 1.807) is 12.3 Å². The van der Waals surface area contributed by atoms with Crippen molar-refractivity contribution in [2.45, 2.75) is 6.92 Å². The van der Waals surface area contributed by atoms with Crippen LogP contribution in [0.25, 0.3) is 0 Å². The first-order chi connectivity index (χ1) is 8.59. The van der Waals surface area contributed by atoms with Crippen LogP contribution in [-0.2, 0) is 0 Å². The third-order valence-corrected chi connectivity index (χ3v) is 2.58. The highest BCUT2D eigenvalue weighted by molar-refractivity contribution is 6.07. The molecule has 0 aliphatic carbocycles. The molecule has 2 aromatic rings. The summed E-state index contributed by atoms with van der Waals surface area (Å²) in [7, 11) is 0. The highest BCUT2D eigenvalue weighted by Crippen LogP contribution is 2.18. The maximum atomic E-state index is 13.2. The second kappa shape index (κ2) is 4.83. The molecule has 1 aromatic carbocycles. The number of nitrogens with two attached hydrogens (primary N) is 1. The lowest BCUT2D eigenvalue weighted by Gasteiger charge is -2.09. The summed E-state index contributed by atoms with van der Waals surface area (Å²) in [5.74, 6) is -1.06. The van der Waals surface area contributed by atoms with Gasteiger partial charge in [-0.15, -0.1) is 0 Å². The number of rotatable bonds is 2. The van der Waals surface area contributed by atoms with Crippen molar-refractivity contribution in [2.75, 3.05) is 11.1 Å². The molecule has 0 bridgehead atoms. The number of benzene rings is 1. The maximum Gasteiger partial charge on any atom is 0.257 e. The average Bonchev–Trinajstić information content (AvgIpc) is 2.35. The minimum absolute atomic E-state index is 0.109. The smallest absolute Gasteiger partial charge is 0.257 e. The molecule has 5 heteroatoms. The van der Waals surface area contributed by atoms with E-state index in [0.29, 0.717) is 5.69 Å². The molecular weight excluding hydrogens is 233 g/mol. The van der Waals surface area contributed by atoms with E-state index in [0.717, 1.165) is 5.56 Å². The molecule has 0 fully saturated rings. The summed E-state index contributed by atoms with van der Waals surface area (Å²) in [6, 6.07) is 5.89. The third kappa shape index (κ3) is 2.29. The topological polar surface area (TPSA) is 68.0 Å². The van der Waals surface area contributed by atoms with Crippen LogP contribution in [0.2, 0.25) is 0 Å². The van der Waals surface area contributed by atoms with Crippen LogP contribution >= 0.6 is 0 Å². The Morgan fingerprint density at radius 1 is 1.39 bits per heavy atom. The first-order valence-corrected chi connectivity index (χ1v) is 5.35. The van der Waals surface area contributed by atoms with Crippen molar-refractivity contribution in [2.24, 2.45) is 0 Å². The molecule has 1 aromatic heterocycles. The van der Waals surface area contributed by atoms with Gasteiger partial charge in [-0.1, -0.05) is 6.07 Å². The Morgan fingerprint density at radius 2 is 2.17 bits per heavy atom. The second-order valence-corrected chi connectivity index (χ2v) is 3.85. The van der Waals surface area contributed by atoms with Crippen LogP contribution in [0, 0.1) is 12.7 Å². The standard InChI is InChI=1S/C13H12FN3O/c1-8-5-6-16-7-11(8)17-13(18)9-3-2-4-10(14)12(9)15/h2-7H,15H2,1H3,(H,17,18). The van der Waals surface area contributed by atoms with Crippen molar-refractivity contribution in [1.29, 1.82) is 0 Å². The van der Waals surface area contributed by atoms with Crippen LogP contribution in [0.5, 0.6) is 0 Å². The normalized spacial score (nSPS) is 10.1. The summed E-state index contributed by atoms with van der Waals surface area (Å²) in [4.78, 5) is 15.9. The molecule has 4 nitrogen and oxygen atoms in total. The number of aromatic nitrogens is 1. The number of hydrogen-bond acceptors (Lipinski definition) is 3. The van der Waals surface area contributed by atoms with Crippen molar-refractivity contribution >= 4 is 17.3 Å². The highest BCUT2D eigenvalue weighted by atomic mass is 19.1. The van der Waals surface area contributed by atoms with Gasteiger partial charge in [-0.05, 0) is 30.7 Å². The number of nitrogens with zero attached hydrogens (tertiary/aromatic N) is 1. The molecule has 0 unspecified atom stereocenters. The molecule has 2 rings (SSSR count). The van der Waals surface area contributed by atoms with Crippen LogP contribution in [0.15, 0.2) is 36.7 Å². The Kier molecular flexibility index (Phi) is 3.23. The second-order valence-electron chi connectivity index (χ2n) is 3.85. The minimum Gasteiger partial charge on any atom is -0.396 e. The van der Waals surface area contributed by atoms with E-state index in [1.807, 2.05) is 6.92 Å². The van der Waals surface area contributed by atoms with Crippen molar-refractivity contribution in [3.8, 4) is 0 Å². The predicted octanol–water partition coefficient (Wildman–Crippen LogP) is 2.36. The fourth-order valence-electron chi connectivity index (χ4n) is 1.52. The van der Waals surface area contributed by atoms with Crippen molar-refractivity contribution < 1.29 is 9.18 Å². The molecule has 1 heterocycles. The molecule has 3 N–H and O–H groups in total. The van der Waals surface area contributed by atoms with E-state index >= 15 is 0 Å². The number of carbonyl (C=O) groups is 1. The fraction of sp³-hybridized carbons (Fsp3) is 0.0769. The number of halogens is 1. The Balaban J connectivity index is 2.28. The number of nitrogens with one attached hydrogen (secondary N) is 1. The lowest BCUT2D eigenvalue weighted by molar-refractivity contribution is 0.102. The summed E-state index contributed by atoms with van der Waals surface area (Å²) < 4.78 is 13.2. The zero-order valence-electron chi connectivity index (χ0n) is 9.77. The molecule has 0 spiro atoms. The van der Waals surface area contributed by atoms with Gasteiger partial charge in [-0.2, -0.15) is 0 Å². The van der Waals surface area contributed by atoms with Crippen LogP contribution < -0.4 is 11.1 Å². The molecule has 92 valence electrons. The zero-order chi connectivity index (χ0) is 13.1. The molecule has 18 heavy (non-hydrogen) atoms. The molecular formula is C13H12FN3O. The average molecular weight is 245 g/mol. The molecule has 0 saturated heterocycles. The Morgan fingerprint density at radius 3 is 2.89 bits per heavy atom. The number of anilines is 2. The van der Waals surface area contributed by atoms with Crippen molar-refractivity contribution in [3.63, 3.8) is 0 Å². The third-order valence-electron chi connectivity index (χ3n) is 2.58. The lowest BCUT2D eigenvalue weighted by atomic mass is 10.1. The number of hydrogen-bond donors (Lipinski definition) is 2. The summed E-state index contributed by atoms with van der Waals surface area (Å²) in [5.41, 5.74) is 6.92. The van der Waals surface area contributed by atoms with Gasteiger partial charge in [-0.3, -0.25) is 9.78 Å². The number of carbonyl (C=O) groups excluding carboxylic acids is 1. The summed E-state index contributed by atoms with van der Waals surface area (Å²) >= 11 is 0. The molecule has 0 saturated carbocycles. The van der Waals surface area contributed by atoms with Gasteiger partial charge in [0, 0.05) is 6.20 Å². The number of para-hydroxylation sites is 1. The number of pyridine rings is 1. The van der Waals surface area contributed by atoms with Crippen molar-refractivity contribution in [1.82, 2.24) is 4.98 Å². The first-order valence-electron chi connectivity index (χ1n) is 5.35. The van der Waals surface area contributed by atoms with E-state index in [4.69, 9.17) is 5.73 Å². The van der Waals surface area contributed by atoms with Gasteiger partial charge >= 0.3 is 0 Å². The first kappa shape index (κ1) is 12.0. The van der Waals surface area contributed by atoms with Gasteiger partial charge in [0.2, 0.25) is 0 Å². The number of amides is 1. The largest absolute Gasteiger partial charge is 0.396 e. The van der Waals surface area contributed by atoms with E-state index in [-0.39, 0.29) is 11.3 Å². The van der Waals surface area contributed by atoms with Gasteiger partial charge in [0.25, 0.3) is 5.91 Å². The Bertz CT molecular complexity index is 599. The quantitative estimate of drug-likeness (QED) is 0.798. The van der Waals surface area contributed by atoms with E-state index in [9.17, 15) is 9.18 Å². The fourth-order valence-corrected chi connectivity index (χ4v) is 1.52. The summed E-state index contributed by atoms with van der Waals surface area (Å²) in [6.07, 6.45) is 3.16. The summed E-state index contributed by atoms with van der Waals surface area (Å²) in [5, 5.41) is 2.65. The lowest BCUT2D eigenvalue weighted by Crippen LogP contribution is -2.15. The SMILES string of the molecule is Cc1ccncc1NC(=O)c1cccc(F)c1N. The van der Waals surface area contributed by atoms with Crippen LogP contribution in [-0.4, -0.2) is 10.9 Å². The van der Waals surface area contributed by atoms with E-state index < -0.39 is 11.7 Å². The monoisotopic (exact) mass is 245 g/mol. The van der Waals surface area contributed by atoms with E-state index in [1.165, 1.54) is 24.4 Å². The van der Waals surface area contributed by atoms with Crippen LogP contribution in [0.3, 0.4) is 0 Å². The Hall–Kier alpha value is -2.43. The zero-order valence-corrected chi connectivity index (χ0v) is 9.77. The van der Waals surface area contributed by atoms with E-state index in [2.05, 4.69) is 10.3 Å². The summed E-state index contributed by atoms with van der Waals surface area (Å²) in [6.45, 7) is 1.84. The minimum atomic E-state index is -0.606.